The molecule has 7 nitrogen and oxygen atoms in total. The van der Waals surface area contributed by atoms with Crippen LogP contribution < -0.4 is 0 Å². The molecule has 2 aromatic heterocycles. The summed E-state index contributed by atoms with van der Waals surface area (Å²) in [5, 5.41) is 12.6. The first-order valence-corrected chi connectivity index (χ1v) is 4.10. The molecule has 0 aliphatic rings. The van der Waals surface area contributed by atoms with E-state index >= 15 is 0 Å². The molecule has 0 aliphatic carbocycles. The van der Waals surface area contributed by atoms with Crippen LogP contribution in [-0.2, 0) is 0 Å². The molecule has 0 aliphatic heterocycles. The van der Waals surface area contributed by atoms with Crippen LogP contribution in [0.5, 0.6) is 0 Å². The second kappa shape index (κ2) is 3.45. The maximum atomic E-state index is 10.7. The number of aryl methyl sites for hydroxylation is 1. The summed E-state index contributed by atoms with van der Waals surface area (Å²) < 4.78 is 1.36. The average Bonchev–Trinajstić information content (AvgIpc) is 2.69. The molecular weight excluding hydrogens is 198 g/mol. The first-order chi connectivity index (χ1) is 7.18. The highest BCUT2D eigenvalue weighted by atomic mass is 16.4. The molecule has 2 rings (SSSR count). The van der Waals surface area contributed by atoms with Crippen molar-refractivity contribution in [3.63, 3.8) is 0 Å². The summed E-state index contributed by atoms with van der Waals surface area (Å²) in [5.74, 6) is -0.743. The van der Waals surface area contributed by atoms with Crippen molar-refractivity contribution in [2.75, 3.05) is 0 Å². The molecule has 0 amide bonds. The van der Waals surface area contributed by atoms with Gasteiger partial charge in [0.25, 0.3) is 5.95 Å². The molecule has 2 heterocycles. The Balaban J connectivity index is 2.47. The SMILES string of the molecule is Cc1nc(-n2cncn2)ncc1C(=O)O. The van der Waals surface area contributed by atoms with E-state index < -0.39 is 5.97 Å². The lowest BCUT2D eigenvalue weighted by atomic mass is 10.2. The van der Waals surface area contributed by atoms with Gasteiger partial charge in [-0.05, 0) is 6.92 Å². The Labute approximate surface area is 84.4 Å². The van der Waals surface area contributed by atoms with Crippen LogP contribution in [0.1, 0.15) is 16.1 Å². The van der Waals surface area contributed by atoms with Gasteiger partial charge in [0.2, 0.25) is 0 Å². The van der Waals surface area contributed by atoms with Gasteiger partial charge in [-0.25, -0.2) is 19.7 Å². The maximum Gasteiger partial charge on any atom is 0.339 e. The summed E-state index contributed by atoms with van der Waals surface area (Å²) in [4.78, 5) is 22.3. The van der Waals surface area contributed by atoms with Gasteiger partial charge in [-0.15, -0.1) is 0 Å². The monoisotopic (exact) mass is 205 g/mol. The third-order valence-electron chi connectivity index (χ3n) is 1.82. The van der Waals surface area contributed by atoms with Crippen molar-refractivity contribution < 1.29 is 9.90 Å². The Morgan fingerprint density at radius 3 is 2.87 bits per heavy atom. The van der Waals surface area contributed by atoms with Gasteiger partial charge >= 0.3 is 5.97 Å². The Kier molecular flexibility index (Phi) is 2.13. The third kappa shape index (κ3) is 1.66. The highest BCUT2D eigenvalue weighted by Crippen LogP contribution is 2.05. The zero-order valence-corrected chi connectivity index (χ0v) is 7.82. The number of hydrogen-bond donors (Lipinski definition) is 1. The topological polar surface area (TPSA) is 93.8 Å². The Morgan fingerprint density at radius 1 is 1.53 bits per heavy atom. The minimum Gasteiger partial charge on any atom is -0.478 e. The van der Waals surface area contributed by atoms with E-state index in [0.29, 0.717) is 11.6 Å². The van der Waals surface area contributed by atoms with Crippen molar-refractivity contribution in [3.05, 3.63) is 30.1 Å². The van der Waals surface area contributed by atoms with Crippen LogP contribution in [0.15, 0.2) is 18.9 Å². The fourth-order valence-corrected chi connectivity index (χ4v) is 1.09. The second-order valence-electron chi connectivity index (χ2n) is 2.81. The number of aromatic carboxylic acids is 1. The largest absolute Gasteiger partial charge is 0.478 e. The summed E-state index contributed by atoms with van der Waals surface area (Å²) in [5.41, 5.74) is 0.474. The minimum atomic E-state index is -1.04. The average molecular weight is 205 g/mol. The van der Waals surface area contributed by atoms with E-state index in [2.05, 4.69) is 20.1 Å². The lowest BCUT2D eigenvalue weighted by Gasteiger charge is -2.02. The summed E-state index contributed by atoms with van der Waals surface area (Å²) in [6.07, 6.45) is 4.04. The van der Waals surface area contributed by atoms with E-state index in [-0.39, 0.29) is 5.56 Å². The molecule has 0 aromatic carbocycles. The molecule has 0 bridgehead atoms. The minimum absolute atomic E-state index is 0.0823. The van der Waals surface area contributed by atoms with Crippen molar-refractivity contribution >= 4 is 5.97 Å². The van der Waals surface area contributed by atoms with Gasteiger partial charge in [-0.2, -0.15) is 9.78 Å². The van der Waals surface area contributed by atoms with Gasteiger partial charge in [0.05, 0.1) is 11.3 Å². The van der Waals surface area contributed by atoms with Crippen LogP contribution in [0, 0.1) is 6.92 Å². The molecular formula is C8H7N5O2. The number of nitrogens with zero attached hydrogens (tertiary/aromatic N) is 5. The molecule has 76 valence electrons. The summed E-state index contributed by atoms with van der Waals surface area (Å²) >= 11 is 0. The number of carboxylic acid groups (broad SMARTS) is 1. The fourth-order valence-electron chi connectivity index (χ4n) is 1.09. The molecule has 0 unspecified atom stereocenters. The lowest BCUT2D eigenvalue weighted by Crippen LogP contribution is -2.08. The Bertz CT molecular complexity index is 494. The molecule has 15 heavy (non-hydrogen) atoms. The zero-order chi connectivity index (χ0) is 10.8. The van der Waals surface area contributed by atoms with Gasteiger partial charge < -0.3 is 5.11 Å². The maximum absolute atomic E-state index is 10.7. The first kappa shape index (κ1) is 9.25. The predicted molar refractivity (Wildman–Crippen MR) is 48.6 cm³/mol. The van der Waals surface area contributed by atoms with Crippen molar-refractivity contribution in [1.29, 1.82) is 0 Å². The molecule has 0 fully saturated rings. The molecule has 1 N–H and O–H groups in total. The number of hydrogen-bond acceptors (Lipinski definition) is 5. The number of carboxylic acids is 1. The molecule has 0 radical (unpaired) electrons. The second-order valence-corrected chi connectivity index (χ2v) is 2.81. The normalized spacial score (nSPS) is 10.2. The Hall–Kier alpha value is -2.31. The van der Waals surface area contributed by atoms with E-state index in [4.69, 9.17) is 5.11 Å². The summed E-state index contributed by atoms with van der Waals surface area (Å²) in [6.45, 7) is 1.60. The van der Waals surface area contributed by atoms with Crippen molar-refractivity contribution in [3.8, 4) is 5.95 Å². The number of rotatable bonds is 2. The van der Waals surface area contributed by atoms with Crippen LogP contribution in [0.25, 0.3) is 5.95 Å². The van der Waals surface area contributed by atoms with Crippen LogP contribution >= 0.6 is 0 Å². The molecule has 7 heteroatoms. The molecule has 2 aromatic rings. The van der Waals surface area contributed by atoms with E-state index in [1.54, 1.807) is 6.92 Å². The lowest BCUT2D eigenvalue weighted by molar-refractivity contribution is 0.0695. The smallest absolute Gasteiger partial charge is 0.339 e. The van der Waals surface area contributed by atoms with E-state index in [0.717, 1.165) is 0 Å². The molecule has 0 saturated carbocycles. The van der Waals surface area contributed by atoms with E-state index in [1.165, 1.54) is 23.5 Å². The van der Waals surface area contributed by atoms with Gasteiger partial charge in [0.15, 0.2) is 0 Å². The molecule has 0 spiro atoms. The number of aromatic nitrogens is 5. The summed E-state index contributed by atoms with van der Waals surface area (Å²) in [6, 6.07) is 0. The first-order valence-electron chi connectivity index (χ1n) is 4.10. The zero-order valence-electron chi connectivity index (χ0n) is 7.82. The van der Waals surface area contributed by atoms with Crippen molar-refractivity contribution in [2.45, 2.75) is 6.92 Å². The van der Waals surface area contributed by atoms with Crippen LogP contribution in [0.3, 0.4) is 0 Å². The highest BCUT2D eigenvalue weighted by Gasteiger charge is 2.10. The predicted octanol–water partition coefficient (Wildman–Crippen LogP) is 0.0639. The number of carbonyl (C=O) groups is 1. The van der Waals surface area contributed by atoms with Crippen LogP contribution in [0.4, 0.5) is 0 Å². The molecule has 0 saturated heterocycles. The van der Waals surface area contributed by atoms with E-state index in [1.807, 2.05) is 0 Å². The van der Waals surface area contributed by atoms with E-state index in [9.17, 15) is 4.79 Å². The van der Waals surface area contributed by atoms with Crippen LogP contribution in [0.2, 0.25) is 0 Å². The van der Waals surface area contributed by atoms with Gasteiger partial charge in [-0.3, -0.25) is 0 Å². The summed E-state index contributed by atoms with van der Waals surface area (Å²) in [7, 11) is 0. The fraction of sp³-hybridized carbons (Fsp3) is 0.125. The third-order valence-corrected chi connectivity index (χ3v) is 1.82. The van der Waals surface area contributed by atoms with Gasteiger partial charge in [0, 0.05) is 6.20 Å². The standard InChI is InChI=1S/C8H7N5O2/c1-5-6(7(14)15)2-10-8(12-5)13-4-9-3-11-13/h2-4H,1H3,(H,14,15). The quantitative estimate of drug-likeness (QED) is 0.745. The van der Waals surface area contributed by atoms with Crippen LogP contribution in [-0.4, -0.2) is 35.8 Å². The van der Waals surface area contributed by atoms with Crippen molar-refractivity contribution in [1.82, 2.24) is 24.7 Å². The Morgan fingerprint density at radius 2 is 2.33 bits per heavy atom. The van der Waals surface area contributed by atoms with Gasteiger partial charge in [0.1, 0.15) is 12.7 Å². The highest BCUT2D eigenvalue weighted by molar-refractivity contribution is 5.88. The molecule has 0 atom stereocenters. The van der Waals surface area contributed by atoms with Crippen molar-refractivity contribution in [2.24, 2.45) is 0 Å². The van der Waals surface area contributed by atoms with Gasteiger partial charge in [-0.1, -0.05) is 0 Å².